The number of amides is 1. The van der Waals surface area contributed by atoms with E-state index in [0.717, 1.165) is 17.3 Å². The standard InChI is InChI=1S/C14H21BrN4O/c1-9-5-4-6-10(2)19(9)18-14(20)12-7-11(15)8-17-13(12)16-3/h7-10H,4-6H2,1-3H3,(H,16,17)(H,18,20). The summed E-state index contributed by atoms with van der Waals surface area (Å²) in [4.78, 5) is 16.7. The van der Waals surface area contributed by atoms with E-state index in [9.17, 15) is 4.79 Å². The van der Waals surface area contributed by atoms with Crippen LogP contribution in [0.2, 0.25) is 0 Å². The van der Waals surface area contributed by atoms with Gasteiger partial charge < -0.3 is 5.32 Å². The first-order chi connectivity index (χ1) is 9.52. The fraction of sp³-hybridized carbons (Fsp3) is 0.571. The topological polar surface area (TPSA) is 57.3 Å². The van der Waals surface area contributed by atoms with Crippen molar-refractivity contribution >= 4 is 27.7 Å². The van der Waals surface area contributed by atoms with Crippen molar-refractivity contribution in [2.45, 2.75) is 45.2 Å². The van der Waals surface area contributed by atoms with Crippen molar-refractivity contribution in [2.75, 3.05) is 12.4 Å². The molecule has 1 aliphatic rings. The number of pyridine rings is 1. The molecule has 0 radical (unpaired) electrons. The number of rotatable bonds is 3. The van der Waals surface area contributed by atoms with Crippen LogP contribution in [0.3, 0.4) is 0 Å². The molecule has 6 heteroatoms. The molecule has 0 spiro atoms. The summed E-state index contributed by atoms with van der Waals surface area (Å²) in [6.45, 7) is 4.29. The number of anilines is 1. The van der Waals surface area contributed by atoms with E-state index in [0.29, 0.717) is 23.5 Å². The third-order valence-corrected chi connectivity index (χ3v) is 4.19. The van der Waals surface area contributed by atoms with Gasteiger partial charge >= 0.3 is 0 Å². The van der Waals surface area contributed by atoms with Gasteiger partial charge in [0, 0.05) is 29.8 Å². The Bertz CT molecular complexity index is 484. The molecule has 110 valence electrons. The number of hydrazine groups is 1. The molecule has 1 fully saturated rings. The summed E-state index contributed by atoms with van der Waals surface area (Å²) in [5.74, 6) is 0.465. The van der Waals surface area contributed by atoms with Gasteiger partial charge in [0.25, 0.3) is 5.91 Å². The maximum absolute atomic E-state index is 12.5. The highest BCUT2D eigenvalue weighted by atomic mass is 79.9. The van der Waals surface area contributed by atoms with Crippen LogP contribution in [0.15, 0.2) is 16.7 Å². The van der Waals surface area contributed by atoms with Crippen molar-refractivity contribution in [2.24, 2.45) is 0 Å². The smallest absolute Gasteiger partial charge is 0.269 e. The number of hydrogen-bond acceptors (Lipinski definition) is 4. The molecule has 0 aliphatic carbocycles. The number of halogens is 1. The Morgan fingerprint density at radius 2 is 2.05 bits per heavy atom. The van der Waals surface area contributed by atoms with Crippen LogP contribution in [-0.2, 0) is 0 Å². The molecule has 0 bridgehead atoms. The Morgan fingerprint density at radius 3 is 2.65 bits per heavy atom. The Balaban J connectivity index is 2.17. The Hall–Kier alpha value is -1.14. The van der Waals surface area contributed by atoms with Gasteiger partial charge in [-0.3, -0.25) is 10.2 Å². The van der Waals surface area contributed by atoms with Crippen LogP contribution in [0.1, 0.15) is 43.5 Å². The molecule has 2 unspecified atom stereocenters. The minimum atomic E-state index is -0.122. The summed E-state index contributed by atoms with van der Waals surface area (Å²) in [7, 11) is 1.76. The third-order valence-electron chi connectivity index (χ3n) is 3.76. The predicted octanol–water partition coefficient (Wildman–Crippen LogP) is 2.79. The summed E-state index contributed by atoms with van der Waals surface area (Å²) in [5, 5.41) is 5.01. The van der Waals surface area contributed by atoms with Gasteiger partial charge in [0.05, 0.1) is 5.56 Å². The molecule has 1 aromatic heterocycles. The highest BCUT2D eigenvalue weighted by Gasteiger charge is 2.27. The SMILES string of the molecule is CNc1ncc(Br)cc1C(=O)NN1C(C)CCCC1C. The zero-order valence-electron chi connectivity index (χ0n) is 12.1. The zero-order valence-corrected chi connectivity index (χ0v) is 13.7. The summed E-state index contributed by atoms with van der Waals surface area (Å²) in [5.41, 5.74) is 3.58. The van der Waals surface area contributed by atoms with E-state index < -0.39 is 0 Å². The molecule has 5 nitrogen and oxygen atoms in total. The first kappa shape index (κ1) is 15.3. The van der Waals surface area contributed by atoms with Gasteiger partial charge in [-0.15, -0.1) is 0 Å². The molecule has 1 amide bonds. The number of piperidine rings is 1. The lowest BCUT2D eigenvalue weighted by molar-refractivity contribution is 0.0370. The molecule has 1 aliphatic heterocycles. The van der Waals surface area contributed by atoms with Crippen molar-refractivity contribution in [3.8, 4) is 0 Å². The molecular weight excluding hydrogens is 320 g/mol. The lowest BCUT2D eigenvalue weighted by atomic mass is 10.00. The van der Waals surface area contributed by atoms with Gasteiger partial charge in [-0.25, -0.2) is 9.99 Å². The van der Waals surface area contributed by atoms with E-state index in [2.05, 4.69) is 50.5 Å². The normalized spacial score (nSPS) is 23.4. The number of aromatic nitrogens is 1. The van der Waals surface area contributed by atoms with E-state index in [1.807, 2.05) is 0 Å². The van der Waals surface area contributed by atoms with Crippen molar-refractivity contribution in [3.05, 3.63) is 22.3 Å². The third kappa shape index (κ3) is 3.30. The van der Waals surface area contributed by atoms with Crippen LogP contribution in [0, 0.1) is 0 Å². The number of carbonyl (C=O) groups is 1. The second-order valence-electron chi connectivity index (χ2n) is 5.28. The van der Waals surface area contributed by atoms with Gasteiger partial charge in [0.15, 0.2) is 0 Å². The Kier molecular flexibility index (Phi) is 4.99. The minimum Gasteiger partial charge on any atom is -0.372 e. The van der Waals surface area contributed by atoms with Gasteiger partial charge in [0.2, 0.25) is 0 Å². The van der Waals surface area contributed by atoms with Gasteiger partial charge in [-0.2, -0.15) is 0 Å². The second-order valence-corrected chi connectivity index (χ2v) is 6.19. The number of nitrogens with zero attached hydrogens (tertiary/aromatic N) is 2. The van der Waals surface area contributed by atoms with Crippen molar-refractivity contribution in [3.63, 3.8) is 0 Å². The van der Waals surface area contributed by atoms with Crippen molar-refractivity contribution in [1.82, 2.24) is 15.4 Å². The summed E-state index contributed by atoms with van der Waals surface area (Å²) >= 11 is 3.36. The Morgan fingerprint density at radius 1 is 1.40 bits per heavy atom. The molecule has 1 saturated heterocycles. The van der Waals surface area contributed by atoms with Crippen LogP contribution in [0.25, 0.3) is 0 Å². The highest BCUT2D eigenvalue weighted by molar-refractivity contribution is 9.10. The van der Waals surface area contributed by atoms with E-state index >= 15 is 0 Å². The minimum absolute atomic E-state index is 0.122. The first-order valence-electron chi connectivity index (χ1n) is 6.95. The van der Waals surface area contributed by atoms with Gasteiger partial charge in [0.1, 0.15) is 5.82 Å². The number of carbonyl (C=O) groups excluding carboxylic acids is 1. The van der Waals surface area contributed by atoms with E-state index in [-0.39, 0.29) is 5.91 Å². The van der Waals surface area contributed by atoms with Crippen LogP contribution in [0.4, 0.5) is 5.82 Å². The van der Waals surface area contributed by atoms with Crippen LogP contribution in [-0.4, -0.2) is 35.0 Å². The average Bonchev–Trinajstić information content (AvgIpc) is 2.43. The maximum atomic E-state index is 12.5. The maximum Gasteiger partial charge on any atom is 0.269 e. The summed E-state index contributed by atoms with van der Waals surface area (Å²) < 4.78 is 0.793. The molecule has 2 N–H and O–H groups in total. The van der Waals surface area contributed by atoms with E-state index in [4.69, 9.17) is 0 Å². The highest BCUT2D eigenvalue weighted by Crippen LogP contribution is 2.22. The van der Waals surface area contributed by atoms with E-state index in [1.165, 1.54) is 6.42 Å². The molecule has 0 aromatic carbocycles. The first-order valence-corrected chi connectivity index (χ1v) is 7.75. The van der Waals surface area contributed by atoms with Gasteiger partial charge in [-0.05, 0) is 48.7 Å². The fourth-order valence-corrected chi connectivity index (χ4v) is 2.96. The number of nitrogens with one attached hydrogen (secondary N) is 2. The largest absolute Gasteiger partial charge is 0.372 e. The second kappa shape index (κ2) is 6.54. The van der Waals surface area contributed by atoms with E-state index in [1.54, 1.807) is 19.3 Å². The Labute approximate surface area is 128 Å². The van der Waals surface area contributed by atoms with Crippen molar-refractivity contribution in [1.29, 1.82) is 0 Å². The van der Waals surface area contributed by atoms with Crippen LogP contribution < -0.4 is 10.7 Å². The zero-order chi connectivity index (χ0) is 14.7. The van der Waals surface area contributed by atoms with Crippen LogP contribution >= 0.6 is 15.9 Å². The molecule has 2 rings (SSSR count). The summed E-state index contributed by atoms with van der Waals surface area (Å²) in [6.07, 6.45) is 5.12. The fourth-order valence-electron chi connectivity index (χ4n) is 2.63. The molecule has 2 atom stereocenters. The molecule has 0 saturated carbocycles. The lowest BCUT2D eigenvalue weighted by Crippen LogP contribution is -2.54. The van der Waals surface area contributed by atoms with Gasteiger partial charge in [-0.1, -0.05) is 6.42 Å². The van der Waals surface area contributed by atoms with Crippen LogP contribution in [0.5, 0.6) is 0 Å². The molecule has 2 heterocycles. The molecule has 1 aromatic rings. The average molecular weight is 341 g/mol. The molecular formula is C14H21BrN4O. The summed E-state index contributed by atoms with van der Waals surface area (Å²) in [6, 6.07) is 2.51. The van der Waals surface area contributed by atoms with Crippen molar-refractivity contribution < 1.29 is 4.79 Å². The predicted molar refractivity (Wildman–Crippen MR) is 83.6 cm³/mol. The quantitative estimate of drug-likeness (QED) is 0.888. The monoisotopic (exact) mass is 340 g/mol. The number of hydrogen-bond donors (Lipinski definition) is 2. The molecule has 20 heavy (non-hydrogen) atoms. The lowest BCUT2D eigenvalue weighted by Gasteiger charge is -2.38.